The van der Waals surface area contributed by atoms with Crippen molar-refractivity contribution in [1.82, 2.24) is 21.5 Å². The predicted octanol–water partition coefficient (Wildman–Crippen LogP) is 3.88. The fraction of sp³-hybridized carbons (Fsp3) is 0.412. The van der Waals surface area contributed by atoms with Gasteiger partial charge in [-0.25, -0.2) is 0 Å². The standard InChI is InChI=1S/C17H17F9N6S2/c1-8(29-31-12(33)27-2)11(30-32-13(34)28-3)9-4-6-10(7-5-9)14(15(18,19)20,16(21,22)23)17(24,25)26/h4-7H,1-3H3,(H2,27,31,33)(H2,28,32,34)/b29-8+,30-11-. The molecule has 0 aromatic heterocycles. The zero-order valence-corrected chi connectivity index (χ0v) is 19.1. The molecule has 0 bridgehead atoms. The molecule has 0 radical (unpaired) electrons. The van der Waals surface area contributed by atoms with Crippen LogP contribution in [0.2, 0.25) is 0 Å². The van der Waals surface area contributed by atoms with Crippen molar-refractivity contribution in [2.24, 2.45) is 10.2 Å². The van der Waals surface area contributed by atoms with Gasteiger partial charge >= 0.3 is 18.5 Å². The highest BCUT2D eigenvalue weighted by molar-refractivity contribution is 7.80. The lowest BCUT2D eigenvalue weighted by molar-refractivity contribution is -0.387. The molecule has 0 saturated carbocycles. The van der Waals surface area contributed by atoms with Crippen LogP contribution in [0.1, 0.15) is 18.1 Å². The molecule has 4 N–H and O–H groups in total. The summed E-state index contributed by atoms with van der Waals surface area (Å²) < 4.78 is 120. The topological polar surface area (TPSA) is 72.8 Å². The van der Waals surface area contributed by atoms with E-state index in [-0.39, 0.29) is 39.3 Å². The van der Waals surface area contributed by atoms with E-state index in [2.05, 4.69) is 31.7 Å². The molecule has 0 unspecified atom stereocenters. The van der Waals surface area contributed by atoms with E-state index in [1.165, 1.54) is 21.0 Å². The molecule has 0 saturated heterocycles. The molecule has 0 amide bonds. The second-order valence-electron chi connectivity index (χ2n) is 6.36. The van der Waals surface area contributed by atoms with Gasteiger partial charge in [-0.2, -0.15) is 49.7 Å². The van der Waals surface area contributed by atoms with E-state index in [9.17, 15) is 39.5 Å². The van der Waals surface area contributed by atoms with E-state index in [1.807, 2.05) is 0 Å². The van der Waals surface area contributed by atoms with Crippen LogP contribution in [0, 0.1) is 0 Å². The van der Waals surface area contributed by atoms with Gasteiger partial charge in [0, 0.05) is 19.7 Å². The van der Waals surface area contributed by atoms with Crippen LogP contribution in [0.3, 0.4) is 0 Å². The molecule has 0 aliphatic heterocycles. The molecule has 1 aromatic rings. The van der Waals surface area contributed by atoms with E-state index < -0.39 is 29.5 Å². The van der Waals surface area contributed by atoms with E-state index in [4.69, 9.17) is 24.4 Å². The normalized spacial score (nSPS) is 13.9. The summed E-state index contributed by atoms with van der Waals surface area (Å²) in [7, 11) is 2.90. The fourth-order valence-electron chi connectivity index (χ4n) is 2.61. The minimum absolute atomic E-state index is 0.00507. The van der Waals surface area contributed by atoms with Crippen LogP contribution >= 0.6 is 24.4 Å². The van der Waals surface area contributed by atoms with Gasteiger partial charge in [-0.3, -0.25) is 10.9 Å². The molecule has 0 heterocycles. The number of nitrogens with one attached hydrogen (secondary N) is 4. The monoisotopic (exact) mass is 540 g/mol. The molecule has 1 rings (SSSR count). The Morgan fingerprint density at radius 3 is 1.44 bits per heavy atom. The zero-order valence-electron chi connectivity index (χ0n) is 17.4. The van der Waals surface area contributed by atoms with Gasteiger partial charge in [0.2, 0.25) is 0 Å². The first-order chi connectivity index (χ1) is 15.4. The summed E-state index contributed by atoms with van der Waals surface area (Å²) >= 11 is 9.67. The molecular weight excluding hydrogens is 523 g/mol. The van der Waals surface area contributed by atoms with Crippen molar-refractivity contribution in [2.45, 2.75) is 30.9 Å². The quantitative estimate of drug-likeness (QED) is 0.197. The zero-order chi connectivity index (χ0) is 26.5. The van der Waals surface area contributed by atoms with Crippen LogP contribution in [0.4, 0.5) is 39.5 Å². The summed E-state index contributed by atoms with van der Waals surface area (Å²) in [6.07, 6.45) is -20.2. The van der Waals surface area contributed by atoms with Crippen LogP contribution in [-0.4, -0.2) is 54.3 Å². The highest BCUT2D eigenvalue weighted by atomic mass is 32.1. The first kappa shape index (κ1) is 29.3. The van der Waals surface area contributed by atoms with Gasteiger partial charge in [0.25, 0.3) is 5.41 Å². The summed E-state index contributed by atoms with van der Waals surface area (Å²) in [5.74, 6) is 0. The number of benzene rings is 1. The van der Waals surface area contributed by atoms with Crippen molar-refractivity contribution in [3.63, 3.8) is 0 Å². The predicted molar refractivity (Wildman–Crippen MR) is 116 cm³/mol. The molecule has 0 aliphatic rings. The molecular formula is C17H17F9N6S2. The third kappa shape index (κ3) is 6.05. The Kier molecular flexibility index (Phi) is 9.24. The minimum Gasteiger partial charge on any atom is -0.364 e. The second kappa shape index (κ2) is 10.7. The van der Waals surface area contributed by atoms with Crippen LogP contribution in [-0.2, 0) is 5.41 Å². The fourth-order valence-corrected chi connectivity index (χ4v) is 2.70. The van der Waals surface area contributed by atoms with Crippen molar-refractivity contribution in [3.05, 3.63) is 35.4 Å². The molecule has 0 fully saturated rings. The molecule has 0 spiro atoms. The van der Waals surface area contributed by atoms with Crippen LogP contribution < -0.4 is 21.5 Å². The van der Waals surface area contributed by atoms with E-state index >= 15 is 0 Å². The number of halogens is 9. The summed E-state index contributed by atoms with van der Waals surface area (Å²) in [4.78, 5) is 0. The number of rotatable bonds is 5. The number of hydrazone groups is 2. The molecule has 1 aromatic carbocycles. The van der Waals surface area contributed by atoms with Crippen molar-refractivity contribution in [3.8, 4) is 0 Å². The first-order valence-corrected chi connectivity index (χ1v) is 9.64. The van der Waals surface area contributed by atoms with Crippen molar-refractivity contribution in [1.29, 1.82) is 0 Å². The van der Waals surface area contributed by atoms with Crippen molar-refractivity contribution < 1.29 is 39.5 Å². The Hall–Kier alpha value is -2.69. The van der Waals surface area contributed by atoms with Crippen LogP contribution in [0.15, 0.2) is 34.5 Å². The third-order valence-corrected chi connectivity index (χ3v) is 4.85. The minimum atomic E-state index is -6.73. The lowest BCUT2D eigenvalue weighted by atomic mass is 9.77. The van der Waals surface area contributed by atoms with Crippen LogP contribution in [0.5, 0.6) is 0 Å². The molecule has 34 heavy (non-hydrogen) atoms. The number of alkyl halides is 9. The van der Waals surface area contributed by atoms with Gasteiger partial charge in [-0.05, 0) is 36.9 Å². The van der Waals surface area contributed by atoms with Crippen molar-refractivity contribution in [2.75, 3.05) is 14.1 Å². The number of thiocarbonyl (C=S) groups is 2. The Balaban J connectivity index is 3.69. The van der Waals surface area contributed by atoms with E-state index in [0.717, 1.165) is 0 Å². The average molecular weight is 540 g/mol. The van der Waals surface area contributed by atoms with Gasteiger partial charge < -0.3 is 10.6 Å². The molecule has 190 valence electrons. The van der Waals surface area contributed by atoms with E-state index in [0.29, 0.717) is 12.1 Å². The molecule has 0 atom stereocenters. The molecule has 17 heteroatoms. The van der Waals surface area contributed by atoms with Crippen molar-refractivity contribution >= 4 is 46.1 Å². The number of hydrogen-bond acceptors (Lipinski definition) is 4. The maximum Gasteiger partial charge on any atom is 0.416 e. The smallest absolute Gasteiger partial charge is 0.364 e. The van der Waals surface area contributed by atoms with Gasteiger partial charge in [0.1, 0.15) is 5.71 Å². The largest absolute Gasteiger partial charge is 0.416 e. The Labute approximate surface area is 198 Å². The summed E-state index contributed by atoms with van der Waals surface area (Å²) in [5, 5.41) is 12.8. The summed E-state index contributed by atoms with van der Waals surface area (Å²) in [6.45, 7) is 1.34. The lowest BCUT2D eigenvalue weighted by Crippen LogP contribution is -2.63. The first-order valence-electron chi connectivity index (χ1n) is 8.82. The highest BCUT2D eigenvalue weighted by Gasteiger charge is 2.84. The Bertz CT molecular complexity index is 914. The van der Waals surface area contributed by atoms with Crippen LogP contribution in [0.25, 0.3) is 0 Å². The van der Waals surface area contributed by atoms with Gasteiger partial charge in [0.15, 0.2) is 10.2 Å². The Morgan fingerprint density at radius 2 is 1.09 bits per heavy atom. The summed E-state index contributed by atoms with van der Waals surface area (Å²) in [5.41, 5.74) is -3.78. The maximum absolute atomic E-state index is 13.4. The SMILES string of the molecule is CNC(=S)N/N=C(C)/C(=N/NC(=S)NC)c1ccc(C(C(F)(F)F)(C(F)(F)F)C(F)(F)F)cc1. The summed E-state index contributed by atoms with van der Waals surface area (Å²) in [6, 6.07) is 1.39. The second-order valence-corrected chi connectivity index (χ2v) is 7.18. The number of nitrogens with zero attached hydrogens (tertiary/aromatic N) is 2. The molecule has 0 aliphatic carbocycles. The number of hydrogen-bond donors (Lipinski definition) is 4. The highest BCUT2D eigenvalue weighted by Crippen LogP contribution is 2.60. The van der Waals surface area contributed by atoms with E-state index in [1.54, 1.807) is 0 Å². The van der Waals surface area contributed by atoms with Gasteiger partial charge in [0.05, 0.1) is 5.71 Å². The van der Waals surface area contributed by atoms with Gasteiger partial charge in [-0.15, -0.1) is 0 Å². The maximum atomic E-state index is 13.4. The Morgan fingerprint density at radius 1 is 0.706 bits per heavy atom. The lowest BCUT2D eigenvalue weighted by Gasteiger charge is -2.38. The average Bonchev–Trinajstić information content (AvgIpc) is 2.69. The third-order valence-electron chi connectivity index (χ3n) is 4.26. The van der Waals surface area contributed by atoms with Gasteiger partial charge in [-0.1, -0.05) is 24.3 Å². The molecule has 6 nitrogen and oxygen atoms in total.